The minimum Gasteiger partial charge on any atom is -0.399 e. The van der Waals surface area contributed by atoms with E-state index in [1.807, 2.05) is 18.2 Å². The molecule has 0 fully saturated rings. The largest absolute Gasteiger partial charge is 0.399 e. The van der Waals surface area contributed by atoms with Crippen molar-refractivity contribution in [3.8, 4) is 0 Å². The van der Waals surface area contributed by atoms with Gasteiger partial charge in [-0.2, -0.15) is 11.3 Å². The molecule has 3 rings (SSSR count). The highest BCUT2D eigenvalue weighted by atomic mass is 32.1. The summed E-state index contributed by atoms with van der Waals surface area (Å²) in [7, 11) is 0. The van der Waals surface area contributed by atoms with Gasteiger partial charge in [-0.3, -0.25) is 0 Å². The summed E-state index contributed by atoms with van der Waals surface area (Å²) in [6, 6.07) is 7.81. The number of thiophene rings is 1. The molecule has 96 valence electrons. The van der Waals surface area contributed by atoms with E-state index in [2.05, 4.69) is 32.1 Å². The van der Waals surface area contributed by atoms with E-state index in [4.69, 9.17) is 5.73 Å². The lowest BCUT2D eigenvalue weighted by Crippen LogP contribution is -2.06. The van der Waals surface area contributed by atoms with E-state index in [9.17, 15) is 0 Å². The SMILES string of the molecule is Nc1ccc2ncnc(NCCc3ccsc3)c2c1. The van der Waals surface area contributed by atoms with Crippen LogP contribution in [0.4, 0.5) is 11.5 Å². The second kappa shape index (κ2) is 5.24. The highest BCUT2D eigenvalue weighted by molar-refractivity contribution is 7.07. The second-order valence-electron chi connectivity index (χ2n) is 4.31. The third-order valence-electron chi connectivity index (χ3n) is 2.95. The number of hydrogen-bond acceptors (Lipinski definition) is 5. The molecule has 2 heterocycles. The Hall–Kier alpha value is -2.14. The van der Waals surface area contributed by atoms with Crippen LogP contribution < -0.4 is 11.1 Å². The molecule has 0 saturated carbocycles. The molecule has 0 atom stereocenters. The van der Waals surface area contributed by atoms with Crippen LogP contribution in [0.25, 0.3) is 10.9 Å². The Labute approximate surface area is 115 Å². The fourth-order valence-electron chi connectivity index (χ4n) is 1.98. The van der Waals surface area contributed by atoms with Gasteiger partial charge in [-0.15, -0.1) is 0 Å². The molecule has 1 aromatic carbocycles. The van der Waals surface area contributed by atoms with E-state index in [0.29, 0.717) is 0 Å². The molecule has 2 aromatic heterocycles. The number of fused-ring (bicyclic) bond motifs is 1. The van der Waals surface area contributed by atoms with Crippen LogP contribution in [-0.4, -0.2) is 16.5 Å². The van der Waals surface area contributed by atoms with E-state index in [1.54, 1.807) is 17.7 Å². The summed E-state index contributed by atoms with van der Waals surface area (Å²) in [5.41, 5.74) is 8.79. The second-order valence-corrected chi connectivity index (χ2v) is 5.09. The van der Waals surface area contributed by atoms with Crippen molar-refractivity contribution < 1.29 is 0 Å². The van der Waals surface area contributed by atoms with Crippen LogP contribution in [0.3, 0.4) is 0 Å². The van der Waals surface area contributed by atoms with Crippen molar-refractivity contribution in [1.82, 2.24) is 9.97 Å². The van der Waals surface area contributed by atoms with Gasteiger partial charge in [-0.05, 0) is 47.0 Å². The maximum atomic E-state index is 5.82. The van der Waals surface area contributed by atoms with Crippen LogP contribution in [0, 0.1) is 0 Å². The molecule has 3 aromatic rings. The van der Waals surface area contributed by atoms with Crippen LogP contribution in [0.1, 0.15) is 5.56 Å². The summed E-state index contributed by atoms with van der Waals surface area (Å²) in [6.45, 7) is 0.845. The quantitative estimate of drug-likeness (QED) is 0.715. The third-order valence-corrected chi connectivity index (χ3v) is 3.68. The average molecular weight is 270 g/mol. The Kier molecular flexibility index (Phi) is 3.29. The molecule has 0 saturated heterocycles. The van der Waals surface area contributed by atoms with E-state index < -0.39 is 0 Å². The number of hydrogen-bond donors (Lipinski definition) is 2. The Balaban J connectivity index is 1.78. The monoisotopic (exact) mass is 270 g/mol. The topological polar surface area (TPSA) is 63.8 Å². The number of rotatable bonds is 4. The molecule has 0 amide bonds. The summed E-state index contributed by atoms with van der Waals surface area (Å²) < 4.78 is 0. The Morgan fingerprint density at radius 2 is 2.16 bits per heavy atom. The molecule has 0 aliphatic heterocycles. The van der Waals surface area contributed by atoms with Crippen LogP contribution in [0.15, 0.2) is 41.4 Å². The van der Waals surface area contributed by atoms with Gasteiger partial charge in [0.15, 0.2) is 0 Å². The number of anilines is 2. The van der Waals surface area contributed by atoms with Crippen LogP contribution >= 0.6 is 11.3 Å². The average Bonchev–Trinajstić information content (AvgIpc) is 2.92. The van der Waals surface area contributed by atoms with E-state index in [0.717, 1.165) is 35.4 Å². The first kappa shape index (κ1) is 11.9. The first-order chi connectivity index (χ1) is 9.33. The van der Waals surface area contributed by atoms with Crippen molar-refractivity contribution in [2.24, 2.45) is 0 Å². The zero-order chi connectivity index (χ0) is 13.1. The lowest BCUT2D eigenvalue weighted by atomic mass is 10.2. The normalized spacial score (nSPS) is 10.7. The van der Waals surface area contributed by atoms with Crippen LogP contribution in [-0.2, 0) is 6.42 Å². The fourth-order valence-corrected chi connectivity index (χ4v) is 2.68. The summed E-state index contributed by atoms with van der Waals surface area (Å²) in [6.07, 6.45) is 2.56. The van der Waals surface area contributed by atoms with E-state index in [-0.39, 0.29) is 0 Å². The van der Waals surface area contributed by atoms with Gasteiger partial charge < -0.3 is 11.1 Å². The maximum absolute atomic E-state index is 5.82. The van der Waals surface area contributed by atoms with Crippen LogP contribution in [0.2, 0.25) is 0 Å². The van der Waals surface area contributed by atoms with Gasteiger partial charge in [0.05, 0.1) is 5.52 Å². The maximum Gasteiger partial charge on any atom is 0.137 e. The van der Waals surface area contributed by atoms with Crippen molar-refractivity contribution in [3.63, 3.8) is 0 Å². The summed E-state index contributed by atoms with van der Waals surface area (Å²) >= 11 is 1.72. The highest BCUT2D eigenvalue weighted by Gasteiger charge is 2.03. The lowest BCUT2D eigenvalue weighted by Gasteiger charge is -2.08. The molecule has 0 spiro atoms. The Bertz CT molecular complexity index is 679. The summed E-state index contributed by atoms with van der Waals surface area (Å²) in [5, 5.41) is 8.57. The first-order valence-electron chi connectivity index (χ1n) is 6.08. The molecule has 0 aliphatic carbocycles. The van der Waals surface area contributed by atoms with E-state index >= 15 is 0 Å². The molecule has 5 heteroatoms. The molecule has 4 nitrogen and oxygen atoms in total. The number of benzene rings is 1. The van der Waals surface area contributed by atoms with Gasteiger partial charge in [-0.25, -0.2) is 9.97 Å². The van der Waals surface area contributed by atoms with E-state index in [1.165, 1.54) is 5.56 Å². The minimum absolute atomic E-state index is 0.725. The standard InChI is InChI=1S/C14H14N4S/c15-11-1-2-13-12(7-11)14(18-9-17-13)16-5-3-10-4-6-19-8-10/h1-2,4,6-9H,3,5,15H2,(H,16,17,18). The number of nitrogen functional groups attached to an aromatic ring is 1. The minimum atomic E-state index is 0.725. The molecule has 0 unspecified atom stereocenters. The van der Waals surface area contributed by atoms with Gasteiger partial charge in [0.2, 0.25) is 0 Å². The van der Waals surface area contributed by atoms with Crippen LogP contribution in [0.5, 0.6) is 0 Å². The van der Waals surface area contributed by atoms with Crippen molar-refractivity contribution in [3.05, 3.63) is 46.9 Å². The predicted molar refractivity (Wildman–Crippen MR) is 80.5 cm³/mol. The van der Waals surface area contributed by atoms with Crippen molar-refractivity contribution >= 4 is 33.7 Å². The smallest absolute Gasteiger partial charge is 0.137 e. The number of aromatic nitrogens is 2. The Morgan fingerprint density at radius 1 is 1.21 bits per heavy atom. The molecule has 19 heavy (non-hydrogen) atoms. The summed E-state index contributed by atoms with van der Waals surface area (Å²) in [4.78, 5) is 8.53. The summed E-state index contributed by atoms with van der Waals surface area (Å²) in [5.74, 6) is 0.840. The zero-order valence-corrected chi connectivity index (χ0v) is 11.2. The first-order valence-corrected chi connectivity index (χ1v) is 7.02. The van der Waals surface area contributed by atoms with Gasteiger partial charge in [0.1, 0.15) is 12.1 Å². The Morgan fingerprint density at radius 3 is 3.00 bits per heavy atom. The predicted octanol–water partition coefficient (Wildman–Crippen LogP) is 2.93. The van der Waals surface area contributed by atoms with Crippen molar-refractivity contribution in [2.45, 2.75) is 6.42 Å². The molecular formula is C14H14N4S. The van der Waals surface area contributed by atoms with Gasteiger partial charge in [0, 0.05) is 17.6 Å². The third kappa shape index (κ3) is 2.66. The lowest BCUT2D eigenvalue weighted by molar-refractivity contribution is 1.01. The number of nitrogens with two attached hydrogens (primary N) is 1. The van der Waals surface area contributed by atoms with Gasteiger partial charge in [0.25, 0.3) is 0 Å². The molecule has 3 N–H and O–H groups in total. The van der Waals surface area contributed by atoms with Gasteiger partial charge in [-0.1, -0.05) is 0 Å². The molecular weight excluding hydrogens is 256 g/mol. The zero-order valence-electron chi connectivity index (χ0n) is 10.3. The number of nitrogens with one attached hydrogen (secondary N) is 1. The molecule has 0 radical (unpaired) electrons. The molecule has 0 aliphatic rings. The fraction of sp³-hybridized carbons (Fsp3) is 0.143. The van der Waals surface area contributed by atoms with Crippen molar-refractivity contribution in [2.75, 3.05) is 17.6 Å². The van der Waals surface area contributed by atoms with Gasteiger partial charge >= 0.3 is 0 Å². The molecule has 0 bridgehead atoms. The number of nitrogens with zero attached hydrogens (tertiary/aromatic N) is 2. The highest BCUT2D eigenvalue weighted by Crippen LogP contribution is 2.21. The van der Waals surface area contributed by atoms with Crippen molar-refractivity contribution in [1.29, 1.82) is 0 Å².